The normalized spacial score (nSPS) is 7.38. The van der Waals surface area contributed by atoms with E-state index in [4.69, 9.17) is 10.4 Å². The zero-order chi connectivity index (χ0) is 6.57. The molecule has 3 nitrogen and oxygen atoms in total. The minimum atomic E-state index is -1.08. The van der Waals surface area contributed by atoms with Gasteiger partial charge in [-0.2, -0.15) is 0 Å². The van der Waals surface area contributed by atoms with Gasteiger partial charge >= 0.3 is 52.1 Å². The summed E-state index contributed by atoms with van der Waals surface area (Å²) in [5.74, 6) is -1.08. The van der Waals surface area contributed by atoms with Crippen LogP contribution >= 0.6 is 0 Å². The number of carbonyl (C=O) groups is 1. The first-order chi connectivity index (χ1) is 3.68. The number of nitriles is 1. The van der Waals surface area contributed by atoms with E-state index < -0.39 is 20.9 Å². The SMILES string of the molecule is C=C([Se]C#N)C(=O)O. The van der Waals surface area contributed by atoms with E-state index in [9.17, 15) is 4.79 Å². The van der Waals surface area contributed by atoms with Gasteiger partial charge in [-0.25, -0.2) is 0 Å². The number of hydrogen-bond donors (Lipinski definition) is 1. The number of rotatable bonds is 2. The van der Waals surface area contributed by atoms with E-state index in [1.54, 1.807) is 4.97 Å². The van der Waals surface area contributed by atoms with Gasteiger partial charge in [-0.05, 0) is 0 Å². The van der Waals surface area contributed by atoms with E-state index in [1.807, 2.05) is 0 Å². The Balaban J connectivity index is 3.71. The van der Waals surface area contributed by atoms with Gasteiger partial charge < -0.3 is 0 Å². The van der Waals surface area contributed by atoms with E-state index >= 15 is 0 Å². The Hall–Kier alpha value is -0.781. The summed E-state index contributed by atoms with van der Waals surface area (Å²) in [4.78, 5) is 11.6. The molecule has 42 valence electrons. The monoisotopic (exact) mass is 177 g/mol. The summed E-state index contributed by atoms with van der Waals surface area (Å²) in [5.41, 5.74) is 0. The average molecular weight is 176 g/mol. The van der Waals surface area contributed by atoms with Crippen LogP contribution in [-0.4, -0.2) is 26.0 Å². The third-order valence-corrected chi connectivity index (χ3v) is 1.48. The second kappa shape index (κ2) is 3.25. The van der Waals surface area contributed by atoms with Crippen LogP contribution in [-0.2, 0) is 4.79 Å². The van der Waals surface area contributed by atoms with Crippen molar-refractivity contribution in [2.24, 2.45) is 0 Å². The van der Waals surface area contributed by atoms with Gasteiger partial charge in [0.2, 0.25) is 0 Å². The molecule has 0 aromatic rings. The van der Waals surface area contributed by atoms with Gasteiger partial charge in [0.15, 0.2) is 0 Å². The molecule has 0 bridgehead atoms. The van der Waals surface area contributed by atoms with Gasteiger partial charge in [0, 0.05) is 0 Å². The second-order valence-corrected chi connectivity index (χ2v) is 2.77. The molecular formula is C4H3NO2Se. The van der Waals surface area contributed by atoms with Gasteiger partial charge in [-0.3, -0.25) is 0 Å². The predicted molar refractivity (Wildman–Crippen MR) is 28.1 cm³/mol. The van der Waals surface area contributed by atoms with Crippen LogP contribution in [0.5, 0.6) is 0 Å². The Morgan fingerprint density at radius 3 is 2.50 bits per heavy atom. The third-order valence-electron chi connectivity index (χ3n) is 0.407. The minimum absolute atomic E-state index is 0.000000000000000222. The average Bonchev–Trinajstić information content (AvgIpc) is 1.67. The number of carboxylic acid groups (broad SMARTS) is 1. The molecule has 0 aromatic carbocycles. The van der Waals surface area contributed by atoms with Gasteiger partial charge in [-0.1, -0.05) is 0 Å². The maximum absolute atomic E-state index is 9.85. The summed E-state index contributed by atoms with van der Waals surface area (Å²) in [5, 5.41) is 16.0. The zero-order valence-electron chi connectivity index (χ0n) is 3.92. The number of carboxylic acids is 1. The molecule has 0 amide bonds. The molecule has 0 fully saturated rings. The molecular weight excluding hydrogens is 173 g/mol. The predicted octanol–water partition coefficient (Wildman–Crippen LogP) is -0.230. The maximum atomic E-state index is 9.85. The summed E-state index contributed by atoms with van der Waals surface area (Å²) in [6.45, 7) is 3.15. The standard InChI is InChI=1S/C4H3NO2Se/c1-3(4(6)7)8-2-5/h1H2,(H,6,7). The fourth-order valence-corrected chi connectivity index (χ4v) is 0.513. The molecule has 0 atom stereocenters. The van der Waals surface area contributed by atoms with Crippen LogP contribution in [0.3, 0.4) is 0 Å². The molecule has 0 saturated heterocycles. The second-order valence-electron chi connectivity index (χ2n) is 0.922. The van der Waals surface area contributed by atoms with Crippen molar-refractivity contribution in [2.45, 2.75) is 0 Å². The van der Waals surface area contributed by atoms with Crippen molar-refractivity contribution in [3.8, 4) is 4.97 Å². The van der Waals surface area contributed by atoms with Crippen molar-refractivity contribution >= 4 is 20.9 Å². The van der Waals surface area contributed by atoms with Gasteiger partial charge in [0.1, 0.15) is 0 Å². The van der Waals surface area contributed by atoms with Gasteiger partial charge in [0.25, 0.3) is 0 Å². The van der Waals surface area contributed by atoms with E-state index in [-0.39, 0.29) is 4.47 Å². The Morgan fingerprint density at radius 2 is 2.38 bits per heavy atom. The van der Waals surface area contributed by atoms with E-state index in [0.717, 1.165) is 0 Å². The van der Waals surface area contributed by atoms with Crippen molar-refractivity contribution in [3.05, 3.63) is 11.1 Å². The Kier molecular flexibility index (Phi) is 2.93. The van der Waals surface area contributed by atoms with Crippen molar-refractivity contribution in [1.82, 2.24) is 0 Å². The molecule has 0 unspecified atom stereocenters. The molecule has 0 aliphatic carbocycles. The number of hydrogen-bond acceptors (Lipinski definition) is 2. The topological polar surface area (TPSA) is 61.1 Å². The van der Waals surface area contributed by atoms with Crippen LogP contribution in [0.15, 0.2) is 11.1 Å². The summed E-state index contributed by atoms with van der Waals surface area (Å²) in [6, 6.07) is 0. The summed E-state index contributed by atoms with van der Waals surface area (Å²) in [6.07, 6.45) is 0. The van der Waals surface area contributed by atoms with Crippen LogP contribution in [0.2, 0.25) is 0 Å². The molecule has 0 rings (SSSR count). The fourth-order valence-electron chi connectivity index (χ4n) is 0.0988. The Labute approximate surface area is 52.8 Å². The van der Waals surface area contributed by atoms with Gasteiger partial charge in [0.05, 0.1) is 0 Å². The molecule has 8 heavy (non-hydrogen) atoms. The van der Waals surface area contributed by atoms with Crippen molar-refractivity contribution in [1.29, 1.82) is 5.26 Å². The Bertz CT molecular complexity index is 158. The van der Waals surface area contributed by atoms with Crippen molar-refractivity contribution < 1.29 is 9.90 Å². The number of nitrogens with zero attached hydrogens (tertiary/aromatic N) is 1. The molecule has 0 aromatic heterocycles. The number of aliphatic carboxylic acids is 1. The van der Waals surface area contributed by atoms with Crippen LogP contribution in [0, 0.1) is 10.2 Å². The van der Waals surface area contributed by atoms with Crippen molar-refractivity contribution in [2.75, 3.05) is 0 Å². The molecule has 0 radical (unpaired) electrons. The summed E-state index contributed by atoms with van der Waals surface area (Å²) in [7, 11) is 0. The molecule has 4 heteroatoms. The van der Waals surface area contributed by atoms with Crippen LogP contribution < -0.4 is 0 Å². The molecule has 0 heterocycles. The van der Waals surface area contributed by atoms with Crippen LogP contribution in [0.1, 0.15) is 0 Å². The first-order valence-electron chi connectivity index (χ1n) is 1.66. The van der Waals surface area contributed by atoms with Crippen molar-refractivity contribution in [3.63, 3.8) is 0 Å². The fraction of sp³-hybridized carbons (Fsp3) is 0. The first kappa shape index (κ1) is 7.22. The van der Waals surface area contributed by atoms with E-state index in [1.165, 1.54) is 0 Å². The quantitative estimate of drug-likeness (QED) is 0.467. The molecule has 0 aliphatic heterocycles. The Morgan fingerprint density at radius 1 is 1.88 bits per heavy atom. The van der Waals surface area contributed by atoms with E-state index in [0.29, 0.717) is 0 Å². The molecule has 0 spiro atoms. The van der Waals surface area contributed by atoms with E-state index in [2.05, 4.69) is 6.58 Å². The molecule has 0 saturated carbocycles. The first-order valence-corrected chi connectivity index (χ1v) is 3.38. The van der Waals surface area contributed by atoms with Crippen LogP contribution in [0.4, 0.5) is 0 Å². The van der Waals surface area contributed by atoms with Crippen LogP contribution in [0.25, 0.3) is 0 Å². The van der Waals surface area contributed by atoms with Gasteiger partial charge in [-0.15, -0.1) is 0 Å². The zero-order valence-corrected chi connectivity index (χ0v) is 5.63. The summed E-state index contributed by atoms with van der Waals surface area (Å²) >= 11 is -0.591. The molecule has 1 N–H and O–H groups in total. The summed E-state index contributed by atoms with van der Waals surface area (Å²) < 4.78 is 0.000000000000000222. The molecule has 0 aliphatic rings. The third kappa shape index (κ3) is 2.40.